The van der Waals surface area contributed by atoms with Crippen molar-refractivity contribution in [2.24, 2.45) is 10.1 Å². The number of nitrogens with zero attached hydrogens (tertiary/aromatic N) is 5. The molecule has 1 N–H and O–H groups in total. The third kappa shape index (κ3) is 6.05. The van der Waals surface area contributed by atoms with Gasteiger partial charge in [0.15, 0.2) is 0 Å². The average Bonchev–Trinajstić information content (AvgIpc) is 2.78. The largest absolute Gasteiger partial charge is 0.350 e. The third-order valence-corrected chi connectivity index (χ3v) is 6.47. The first-order valence-corrected chi connectivity index (χ1v) is 11.7. The van der Waals surface area contributed by atoms with E-state index in [1.807, 2.05) is 37.9 Å². The maximum absolute atomic E-state index is 14.8. The van der Waals surface area contributed by atoms with Crippen molar-refractivity contribution in [1.29, 1.82) is 0 Å². The second-order valence-corrected chi connectivity index (χ2v) is 8.72. The lowest BCUT2D eigenvalue weighted by molar-refractivity contribution is -0.0491. The van der Waals surface area contributed by atoms with E-state index in [1.165, 1.54) is 0 Å². The molecule has 3 rings (SSSR count). The topological polar surface area (TPSA) is 56.1 Å². The molecule has 2 fully saturated rings. The van der Waals surface area contributed by atoms with Crippen molar-refractivity contribution in [2.45, 2.75) is 64.5 Å². The molecule has 1 aromatic heterocycles. The Morgan fingerprint density at radius 3 is 2.58 bits per heavy atom. The Morgan fingerprint density at radius 1 is 1.30 bits per heavy atom. The molecule has 1 aliphatic heterocycles. The minimum Gasteiger partial charge on any atom is -0.350 e. The van der Waals surface area contributed by atoms with Gasteiger partial charge >= 0.3 is 0 Å². The molecule has 1 unspecified atom stereocenters. The average molecular weight is 459 g/mol. The Kier molecular flexibility index (Phi) is 8.35. The maximum Gasteiger partial charge on any atom is 0.280 e. The van der Waals surface area contributed by atoms with E-state index in [-0.39, 0.29) is 12.6 Å². The first-order chi connectivity index (χ1) is 15.8. The Balaban J connectivity index is 1.70. The summed E-state index contributed by atoms with van der Waals surface area (Å²) in [6.07, 6.45) is 8.86. The van der Waals surface area contributed by atoms with Crippen LogP contribution in [-0.4, -0.2) is 61.1 Å². The van der Waals surface area contributed by atoms with Crippen LogP contribution in [0.25, 0.3) is 0 Å². The number of halogens is 2. The number of hydrogen-bond donors (Lipinski definition) is 1. The zero-order chi connectivity index (χ0) is 24.0. The van der Waals surface area contributed by atoms with Crippen molar-refractivity contribution < 1.29 is 8.78 Å². The molecule has 0 aromatic carbocycles. The highest BCUT2D eigenvalue weighted by Crippen LogP contribution is 2.32. The van der Waals surface area contributed by atoms with Gasteiger partial charge in [0.2, 0.25) is 0 Å². The van der Waals surface area contributed by atoms with Crippen LogP contribution in [0.2, 0.25) is 0 Å². The third-order valence-electron chi connectivity index (χ3n) is 6.47. The molecule has 2 aliphatic rings. The van der Waals surface area contributed by atoms with Crippen LogP contribution in [0.3, 0.4) is 0 Å². The van der Waals surface area contributed by atoms with E-state index in [0.29, 0.717) is 25.3 Å². The highest BCUT2D eigenvalue weighted by Gasteiger charge is 2.46. The molecule has 0 radical (unpaired) electrons. The zero-order valence-corrected chi connectivity index (χ0v) is 20.2. The normalized spacial score (nSPS) is 22.2. The van der Waals surface area contributed by atoms with Crippen LogP contribution in [0.15, 0.2) is 52.7 Å². The summed E-state index contributed by atoms with van der Waals surface area (Å²) in [5.74, 6) is -2.21. The Bertz CT molecular complexity index is 902. The molecule has 180 valence electrons. The van der Waals surface area contributed by atoms with Gasteiger partial charge in [-0.05, 0) is 52.2 Å². The van der Waals surface area contributed by atoms with Crippen molar-refractivity contribution in [1.82, 2.24) is 10.3 Å². The highest BCUT2D eigenvalue weighted by atomic mass is 19.3. The van der Waals surface area contributed by atoms with Crippen LogP contribution >= 0.6 is 0 Å². The van der Waals surface area contributed by atoms with Gasteiger partial charge in [0.1, 0.15) is 5.82 Å². The van der Waals surface area contributed by atoms with Crippen LogP contribution in [-0.2, 0) is 0 Å². The molecule has 0 bridgehead atoms. The highest BCUT2D eigenvalue weighted by molar-refractivity contribution is 6.23. The summed E-state index contributed by atoms with van der Waals surface area (Å²) in [6.45, 7) is 10.5. The quantitative estimate of drug-likeness (QED) is 0.327. The molecular formula is C25H36F2N6. The van der Waals surface area contributed by atoms with Crippen LogP contribution in [0.1, 0.15) is 46.5 Å². The zero-order valence-electron chi connectivity index (χ0n) is 20.2. The molecule has 1 atom stereocenters. The predicted octanol–water partition coefficient (Wildman–Crippen LogP) is 4.84. The lowest BCUT2D eigenvalue weighted by atomic mass is 9.90. The first kappa shape index (κ1) is 25.0. The van der Waals surface area contributed by atoms with Gasteiger partial charge in [-0.25, -0.2) is 13.8 Å². The van der Waals surface area contributed by atoms with E-state index in [2.05, 4.69) is 21.9 Å². The molecule has 0 spiro atoms. The Labute approximate surface area is 196 Å². The number of aromatic nitrogens is 1. The van der Waals surface area contributed by atoms with Crippen molar-refractivity contribution >= 4 is 22.9 Å². The number of hydrogen-bond acceptors (Lipinski definition) is 6. The number of allylic oxidation sites excluding steroid dienone is 3. The standard InChI is InChI=1S/C25H36F2N6/c1-6-9-22(18(3)28-5)19(4)31-33(7-2)21-12-13-24(29-16-21)32-15-14-23(25(26,27)17-32)30-20-10-8-11-20/h6,9,12-13,16,20,23,30H,1,7-8,10-11,14-15,17H2,2-5H3/b22-9+,28-18?,31-19+. The van der Waals surface area contributed by atoms with Gasteiger partial charge in [-0.1, -0.05) is 25.2 Å². The lowest BCUT2D eigenvalue weighted by Gasteiger charge is -2.42. The summed E-state index contributed by atoms with van der Waals surface area (Å²) >= 11 is 0. The molecule has 1 saturated carbocycles. The lowest BCUT2D eigenvalue weighted by Crippen LogP contribution is -2.60. The summed E-state index contributed by atoms with van der Waals surface area (Å²) in [6, 6.07) is 3.19. The number of nitrogens with one attached hydrogen (secondary N) is 1. The molecule has 1 aromatic rings. The number of rotatable bonds is 9. The first-order valence-electron chi connectivity index (χ1n) is 11.7. The molecule has 1 aliphatic carbocycles. The fourth-order valence-corrected chi connectivity index (χ4v) is 4.21. The van der Waals surface area contributed by atoms with Gasteiger partial charge in [-0.3, -0.25) is 10.0 Å². The monoisotopic (exact) mass is 458 g/mol. The molecule has 33 heavy (non-hydrogen) atoms. The van der Waals surface area contributed by atoms with Gasteiger partial charge in [-0.15, -0.1) is 0 Å². The van der Waals surface area contributed by atoms with Crippen molar-refractivity contribution in [3.05, 3.63) is 42.6 Å². The molecule has 6 nitrogen and oxygen atoms in total. The number of hydrazone groups is 1. The van der Waals surface area contributed by atoms with Crippen molar-refractivity contribution in [2.75, 3.05) is 36.6 Å². The van der Waals surface area contributed by atoms with E-state index >= 15 is 0 Å². The van der Waals surface area contributed by atoms with Gasteiger partial charge in [0.25, 0.3) is 5.92 Å². The Hall–Kier alpha value is -2.61. The smallest absolute Gasteiger partial charge is 0.280 e. The number of piperidine rings is 1. The van der Waals surface area contributed by atoms with Crippen LogP contribution in [0.4, 0.5) is 20.3 Å². The number of alkyl halides is 2. The fraction of sp³-hybridized carbons (Fsp3) is 0.560. The summed E-state index contributed by atoms with van der Waals surface area (Å²) in [5.41, 5.74) is 3.40. The van der Waals surface area contributed by atoms with Gasteiger partial charge in [0.05, 0.1) is 30.2 Å². The summed E-state index contributed by atoms with van der Waals surface area (Å²) < 4.78 is 29.6. The molecule has 2 heterocycles. The molecule has 1 saturated heterocycles. The van der Waals surface area contributed by atoms with Crippen LogP contribution < -0.4 is 15.2 Å². The summed E-state index contributed by atoms with van der Waals surface area (Å²) in [7, 11) is 1.75. The molecule has 0 amide bonds. The van der Waals surface area contributed by atoms with Gasteiger partial charge in [0, 0.05) is 37.5 Å². The minimum absolute atomic E-state index is 0.253. The molecule has 8 heteroatoms. The van der Waals surface area contributed by atoms with E-state index in [1.54, 1.807) is 30.3 Å². The van der Waals surface area contributed by atoms with Crippen LogP contribution in [0, 0.1) is 0 Å². The number of aliphatic imine (C=N–C) groups is 1. The second-order valence-electron chi connectivity index (χ2n) is 8.72. The predicted molar refractivity (Wildman–Crippen MR) is 134 cm³/mol. The Morgan fingerprint density at radius 2 is 2.06 bits per heavy atom. The number of anilines is 2. The summed E-state index contributed by atoms with van der Waals surface area (Å²) in [4.78, 5) is 10.4. The SMILES string of the molecule is C=C/C=C(C(C)=NC)/C(C)=N/N(CC)c1ccc(N2CCC(NC3CCC3)C(F)(F)C2)nc1. The van der Waals surface area contributed by atoms with E-state index < -0.39 is 12.0 Å². The van der Waals surface area contributed by atoms with Crippen molar-refractivity contribution in [3.8, 4) is 0 Å². The maximum atomic E-state index is 14.8. The van der Waals surface area contributed by atoms with Gasteiger partial charge < -0.3 is 10.2 Å². The van der Waals surface area contributed by atoms with Crippen molar-refractivity contribution in [3.63, 3.8) is 0 Å². The van der Waals surface area contributed by atoms with Crippen LogP contribution in [0.5, 0.6) is 0 Å². The van der Waals surface area contributed by atoms with E-state index in [4.69, 9.17) is 5.10 Å². The van der Waals surface area contributed by atoms with E-state index in [0.717, 1.165) is 41.9 Å². The number of pyridine rings is 1. The van der Waals surface area contributed by atoms with Gasteiger partial charge in [-0.2, -0.15) is 5.10 Å². The fourth-order valence-electron chi connectivity index (χ4n) is 4.21. The minimum atomic E-state index is -2.78. The summed E-state index contributed by atoms with van der Waals surface area (Å²) in [5, 5.41) is 9.74. The second kappa shape index (κ2) is 11.0. The van der Waals surface area contributed by atoms with E-state index in [9.17, 15) is 8.78 Å². The molecular weight excluding hydrogens is 422 g/mol.